The maximum atomic E-state index is 4.91. The molecule has 3 heterocycles. The first-order valence-corrected chi connectivity index (χ1v) is 10.2. The van der Waals surface area contributed by atoms with Crippen molar-refractivity contribution in [3.63, 3.8) is 0 Å². The molecule has 0 bridgehead atoms. The molecule has 0 unspecified atom stereocenters. The number of benzene rings is 1. The molecular formula is C22H20N4S. The van der Waals surface area contributed by atoms with Crippen LogP contribution in [0.2, 0.25) is 0 Å². The van der Waals surface area contributed by atoms with Gasteiger partial charge in [0.2, 0.25) is 0 Å². The van der Waals surface area contributed by atoms with Gasteiger partial charge in [0.05, 0.1) is 5.39 Å². The summed E-state index contributed by atoms with van der Waals surface area (Å²) in [6, 6.07) is 14.4. The van der Waals surface area contributed by atoms with Crippen molar-refractivity contribution < 1.29 is 0 Å². The van der Waals surface area contributed by atoms with Crippen molar-refractivity contribution in [1.82, 2.24) is 15.0 Å². The predicted molar refractivity (Wildman–Crippen MR) is 111 cm³/mol. The number of pyridine rings is 1. The number of anilines is 1. The molecule has 0 saturated heterocycles. The lowest BCUT2D eigenvalue weighted by atomic mass is 9.97. The second-order valence-corrected chi connectivity index (χ2v) is 7.95. The van der Waals surface area contributed by atoms with Crippen LogP contribution in [0.5, 0.6) is 0 Å². The van der Waals surface area contributed by atoms with E-state index in [0.29, 0.717) is 0 Å². The summed E-state index contributed by atoms with van der Waals surface area (Å²) in [5, 5.41) is 4.81. The highest BCUT2D eigenvalue weighted by molar-refractivity contribution is 7.19. The molecular weight excluding hydrogens is 352 g/mol. The Labute approximate surface area is 162 Å². The van der Waals surface area contributed by atoms with E-state index < -0.39 is 0 Å². The summed E-state index contributed by atoms with van der Waals surface area (Å²) in [6.07, 6.45) is 8.43. The number of thiophene rings is 1. The van der Waals surface area contributed by atoms with E-state index in [-0.39, 0.29) is 0 Å². The minimum Gasteiger partial charge on any atom is -0.365 e. The van der Waals surface area contributed by atoms with E-state index >= 15 is 0 Å². The zero-order valence-corrected chi connectivity index (χ0v) is 15.8. The second kappa shape index (κ2) is 7.08. The predicted octanol–water partition coefficient (Wildman–Crippen LogP) is 5.24. The van der Waals surface area contributed by atoms with Gasteiger partial charge in [-0.15, -0.1) is 11.3 Å². The molecule has 1 aliphatic rings. The minimum absolute atomic E-state index is 0.741. The van der Waals surface area contributed by atoms with E-state index in [1.54, 1.807) is 6.20 Å². The van der Waals surface area contributed by atoms with Gasteiger partial charge in [0, 0.05) is 29.4 Å². The highest BCUT2D eigenvalue weighted by atomic mass is 32.1. The first-order chi connectivity index (χ1) is 13.4. The lowest BCUT2D eigenvalue weighted by Crippen LogP contribution is -2.05. The smallest absolute Gasteiger partial charge is 0.164 e. The fourth-order valence-electron chi connectivity index (χ4n) is 3.69. The molecule has 1 N–H and O–H groups in total. The van der Waals surface area contributed by atoms with Crippen LogP contribution in [0.15, 0.2) is 54.9 Å². The summed E-state index contributed by atoms with van der Waals surface area (Å²) in [5.41, 5.74) is 3.65. The first kappa shape index (κ1) is 16.4. The summed E-state index contributed by atoms with van der Waals surface area (Å²) in [7, 11) is 0. The Hall–Kier alpha value is -2.79. The monoisotopic (exact) mass is 372 g/mol. The summed E-state index contributed by atoms with van der Waals surface area (Å²) >= 11 is 1.83. The topological polar surface area (TPSA) is 50.7 Å². The largest absolute Gasteiger partial charge is 0.365 e. The molecule has 5 heteroatoms. The third-order valence-corrected chi connectivity index (χ3v) is 6.22. The van der Waals surface area contributed by atoms with Crippen LogP contribution in [0.3, 0.4) is 0 Å². The molecule has 0 saturated carbocycles. The van der Waals surface area contributed by atoms with Gasteiger partial charge in [-0.25, -0.2) is 9.97 Å². The Bertz CT molecular complexity index is 1070. The maximum absolute atomic E-state index is 4.91. The molecule has 0 amide bonds. The Morgan fingerprint density at radius 3 is 2.70 bits per heavy atom. The molecule has 4 nitrogen and oxygen atoms in total. The van der Waals surface area contributed by atoms with Crippen LogP contribution < -0.4 is 5.32 Å². The third-order valence-electron chi connectivity index (χ3n) is 5.04. The van der Waals surface area contributed by atoms with Crippen LogP contribution >= 0.6 is 11.3 Å². The number of rotatable bonds is 4. The van der Waals surface area contributed by atoms with Gasteiger partial charge in [-0.05, 0) is 48.9 Å². The van der Waals surface area contributed by atoms with E-state index in [1.165, 1.54) is 34.2 Å². The zero-order chi connectivity index (χ0) is 18.1. The van der Waals surface area contributed by atoms with Crippen molar-refractivity contribution in [3.05, 3.63) is 70.9 Å². The summed E-state index contributed by atoms with van der Waals surface area (Å²) in [6.45, 7) is 0.754. The zero-order valence-electron chi connectivity index (χ0n) is 15.0. The van der Waals surface area contributed by atoms with Crippen LogP contribution in [0.4, 0.5) is 5.82 Å². The van der Waals surface area contributed by atoms with E-state index in [2.05, 4.69) is 34.6 Å². The van der Waals surface area contributed by atoms with E-state index in [9.17, 15) is 0 Å². The van der Waals surface area contributed by atoms with Crippen LogP contribution in [0, 0.1) is 0 Å². The Kier molecular flexibility index (Phi) is 4.30. The van der Waals surface area contributed by atoms with Crippen molar-refractivity contribution in [2.24, 2.45) is 0 Å². The van der Waals surface area contributed by atoms with Crippen LogP contribution in [-0.4, -0.2) is 15.0 Å². The van der Waals surface area contributed by atoms with Crippen molar-refractivity contribution in [2.75, 3.05) is 5.32 Å². The van der Waals surface area contributed by atoms with Crippen molar-refractivity contribution in [3.8, 4) is 11.4 Å². The lowest BCUT2D eigenvalue weighted by molar-refractivity contribution is 0.700. The molecule has 0 atom stereocenters. The number of nitrogens with zero attached hydrogens (tertiary/aromatic N) is 3. The third kappa shape index (κ3) is 3.19. The van der Waals surface area contributed by atoms with Crippen molar-refractivity contribution >= 4 is 27.4 Å². The normalized spacial score (nSPS) is 13.5. The summed E-state index contributed by atoms with van der Waals surface area (Å²) in [5.74, 6) is 1.69. The summed E-state index contributed by atoms with van der Waals surface area (Å²) in [4.78, 5) is 16.6. The number of hydrogen-bond acceptors (Lipinski definition) is 5. The number of hydrogen-bond donors (Lipinski definition) is 1. The molecule has 27 heavy (non-hydrogen) atoms. The van der Waals surface area contributed by atoms with Gasteiger partial charge in [0.1, 0.15) is 10.6 Å². The Morgan fingerprint density at radius 2 is 1.85 bits per heavy atom. The average molecular weight is 372 g/mol. The average Bonchev–Trinajstić information content (AvgIpc) is 3.12. The van der Waals surface area contributed by atoms with E-state index in [4.69, 9.17) is 9.97 Å². The van der Waals surface area contributed by atoms with Gasteiger partial charge in [-0.2, -0.15) is 0 Å². The number of aryl methyl sites for hydroxylation is 2. The SMILES string of the molecule is c1ccc(CNc2nc(-c3cccnc3)nc3sc4c(c23)CCCC4)cc1. The summed E-state index contributed by atoms with van der Waals surface area (Å²) < 4.78 is 0. The number of fused-ring (bicyclic) bond motifs is 3. The van der Waals surface area contributed by atoms with Crippen molar-refractivity contribution in [2.45, 2.75) is 32.2 Å². The molecule has 0 spiro atoms. The van der Waals surface area contributed by atoms with E-state index in [0.717, 1.165) is 41.4 Å². The van der Waals surface area contributed by atoms with Crippen LogP contribution in [-0.2, 0) is 19.4 Å². The highest BCUT2D eigenvalue weighted by Crippen LogP contribution is 2.39. The van der Waals surface area contributed by atoms with Gasteiger partial charge >= 0.3 is 0 Å². The fraction of sp³-hybridized carbons (Fsp3) is 0.227. The van der Waals surface area contributed by atoms with Gasteiger partial charge in [-0.1, -0.05) is 30.3 Å². The molecule has 5 rings (SSSR count). The van der Waals surface area contributed by atoms with Gasteiger partial charge in [0.25, 0.3) is 0 Å². The molecule has 1 aromatic carbocycles. The fourth-order valence-corrected chi connectivity index (χ4v) is 4.95. The first-order valence-electron chi connectivity index (χ1n) is 9.39. The number of nitrogens with one attached hydrogen (secondary N) is 1. The maximum Gasteiger partial charge on any atom is 0.164 e. The number of aromatic nitrogens is 3. The molecule has 134 valence electrons. The molecule has 0 radical (unpaired) electrons. The van der Waals surface area contributed by atoms with Crippen LogP contribution in [0.25, 0.3) is 21.6 Å². The molecule has 0 fully saturated rings. The van der Waals surface area contributed by atoms with Gasteiger partial charge < -0.3 is 5.32 Å². The lowest BCUT2D eigenvalue weighted by Gasteiger charge is -2.13. The van der Waals surface area contributed by atoms with Gasteiger partial charge in [0.15, 0.2) is 5.82 Å². The molecule has 3 aromatic heterocycles. The Balaban J connectivity index is 1.62. The molecule has 0 aliphatic heterocycles. The van der Waals surface area contributed by atoms with E-state index in [1.807, 2.05) is 35.7 Å². The quantitative estimate of drug-likeness (QED) is 0.532. The van der Waals surface area contributed by atoms with Crippen LogP contribution in [0.1, 0.15) is 28.8 Å². The van der Waals surface area contributed by atoms with Crippen molar-refractivity contribution in [1.29, 1.82) is 0 Å². The molecule has 4 aromatic rings. The standard InChI is InChI=1S/C22H20N4S/c1-2-7-15(8-3-1)13-24-21-19-17-10-4-5-11-18(17)27-22(19)26-20(25-21)16-9-6-12-23-14-16/h1-3,6-9,12,14H,4-5,10-11,13H2,(H,24,25,26). The highest BCUT2D eigenvalue weighted by Gasteiger charge is 2.21. The van der Waals surface area contributed by atoms with Gasteiger partial charge in [-0.3, -0.25) is 4.98 Å². The second-order valence-electron chi connectivity index (χ2n) is 6.87. The molecule has 1 aliphatic carbocycles. The minimum atomic E-state index is 0.741. The Morgan fingerprint density at radius 1 is 0.963 bits per heavy atom.